The number of piperazine rings is 1. The van der Waals surface area contributed by atoms with Gasteiger partial charge < -0.3 is 29.6 Å². The number of Topliss-reactive ketones (excluding diaryl/α,β-unsaturated/α-hetero) is 1. The highest BCUT2D eigenvalue weighted by Crippen LogP contribution is 2.25. The van der Waals surface area contributed by atoms with E-state index in [0.29, 0.717) is 107 Å². The number of ketones is 1. The summed E-state index contributed by atoms with van der Waals surface area (Å²) in [6, 6.07) is 8.90. The Morgan fingerprint density at radius 1 is 0.772 bits per heavy atom. The second-order valence-corrected chi connectivity index (χ2v) is 15.2. The number of likely N-dealkylation sites (tertiary alicyclic amines) is 1. The first kappa shape index (κ1) is 43.4. The predicted molar refractivity (Wildman–Crippen MR) is 211 cm³/mol. The quantitative estimate of drug-likeness (QED) is 0.189. The number of carboxylic acids is 2. The van der Waals surface area contributed by atoms with Gasteiger partial charge in [-0.15, -0.1) is 0 Å². The third-order valence-electron chi connectivity index (χ3n) is 11.1. The molecule has 3 aliphatic heterocycles. The minimum atomic E-state index is -0.894. The number of hydrogen-bond donors (Lipinski definition) is 2. The zero-order valence-corrected chi connectivity index (χ0v) is 33.1. The standard InChI is InChI=1S/C40H57N9O8/c1-43-13-15-46(29-39(53)54)19-17-45(18-20-47(16-14-43)30-40(55)56)28-38(52)48-23-21-44(22-24-48)11-3-25-57-32-5-6-35-34(26-32)33(9-10-42-35)36(50)7-8-37(51)49-12-2-4-31(49)27-41/h5-6,9-10,26,31H,2-4,7-8,11-25,28-30H2,1H3,(H,53,54)(H,55,56)/t31-/m0/s1. The molecule has 1 atom stereocenters. The zero-order valence-electron chi connectivity index (χ0n) is 33.1. The maximum absolute atomic E-state index is 13.5. The maximum atomic E-state index is 13.5. The zero-order chi connectivity index (χ0) is 40.7. The molecule has 0 saturated carbocycles. The Kier molecular flexibility index (Phi) is 16.5. The van der Waals surface area contributed by atoms with Crippen molar-refractivity contribution < 1.29 is 38.9 Å². The van der Waals surface area contributed by atoms with Crippen LogP contribution in [0.15, 0.2) is 30.5 Å². The number of carboxylic acid groups (broad SMARTS) is 2. The van der Waals surface area contributed by atoms with Crippen LogP contribution in [0.25, 0.3) is 10.9 Å². The number of carbonyl (C=O) groups is 5. The fourth-order valence-electron chi connectivity index (χ4n) is 7.64. The number of likely N-dealkylation sites (N-methyl/N-ethyl adjacent to an activating group) is 1. The lowest BCUT2D eigenvalue weighted by Crippen LogP contribution is -2.53. The lowest BCUT2D eigenvalue weighted by atomic mass is 10.0. The summed E-state index contributed by atoms with van der Waals surface area (Å²) in [5.41, 5.74) is 1.15. The van der Waals surface area contributed by atoms with E-state index in [1.54, 1.807) is 17.2 Å². The fourth-order valence-corrected chi connectivity index (χ4v) is 7.64. The van der Waals surface area contributed by atoms with Gasteiger partial charge in [0.05, 0.1) is 37.8 Å². The van der Waals surface area contributed by atoms with Gasteiger partial charge in [0.1, 0.15) is 11.8 Å². The molecular weight excluding hydrogens is 734 g/mol. The van der Waals surface area contributed by atoms with Crippen molar-refractivity contribution >= 4 is 40.4 Å². The van der Waals surface area contributed by atoms with Crippen molar-refractivity contribution in [2.24, 2.45) is 0 Å². The van der Waals surface area contributed by atoms with Gasteiger partial charge in [-0.25, -0.2) is 0 Å². The van der Waals surface area contributed by atoms with Gasteiger partial charge in [0, 0.05) is 122 Å². The van der Waals surface area contributed by atoms with Gasteiger partial charge in [0.25, 0.3) is 0 Å². The number of hydrogen-bond acceptors (Lipinski definition) is 13. The molecule has 0 unspecified atom stereocenters. The molecule has 57 heavy (non-hydrogen) atoms. The lowest BCUT2D eigenvalue weighted by molar-refractivity contribution is -0.139. The van der Waals surface area contributed by atoms with Gasteiger partial charge in [-0.3, -0.25) is 48.6 Å². The Bertz CT molecular complexity index is 1710. The molecule has 3 aliphatic rings. The van der Waals surface area contributed by atoms with E-state index in [4.69, 9.17) is 4.74 Å². The molecule has 3 fully saturated rings. The fraction of sp³-hybridized carbons (Fsp3) is 0.625. The average molecular weight is 792 g/mol. The Balaban J connectivity index is 1.06. The predicted octanol–water partition coefficient (Wildman–Crippen LogP) is 0.646. The summed E-state index contributed by atoms with van der Waals surface area (Å²) in [6.45, 7) is 8.88. The number of fused-ring (bicyclic) bond motifs is 1. The normalized spacial score (nSPS) is 20.1. The maximum Gasteiger partial charge on any atom is 0.317 e. The molecule has 2 N–H and O–H groups in total. The SMILES string of the molecule is CN1CCN(CC(=O)O)CCN(CC(=O)N2CCN(CCCOc3ccc4nccc(C(=O)CCC(=O)N5CCC[C@H]5C#N)c4c3)CC2)CCN(CC(=O)O)CC1. The van der Waals surface area contributed by atoms with Crippen LogP contribution in [-0.4, -0.2) is 210 Å². The number of nitrogens with zero attached hydrogens (tertiary/aromatic N) is 9. The van der Waals surface area contributed by atoms with Gasteiger partial charge in [-0.05, 0) is 50.6 Å². The molecule has 2 amide bonds. The highest BCUT2D eigenvalue weighted by atomic mass is 16.5. The van der Waals surface area contributed by atoms with Crippen LogP contribution in [-0.2, 0) is 19.2 Å². The number of ether oxygens (including phenoxy) is 1. The van der Waals surface area contributed by atoms with Crippen molar-refractivity contribution in [3.8, 4) is 11.8 Å². The summed E-state index contributed by atoms with van der Waals surface area (Å²) < 4.78 is 6.09. The number of aliphatic carboxylic acids is 2. The van der Waals surface area contributed by atoms with Gasteiger partial charge in [-0.1, -0.05) is 0 Å². The lowest BCUT2D eigenvalue weighted by Gasteiger charge is -2.36. The Hall–Kier alpha value is -4.73. The van der Waals surface area contributed by atoms with Gasteiger partial charge in [0.15, 0.2) is 5.78 Å². The van der Waals surface area contributed by atoms with E-state index >= 15 is 0 Å². The van der Waals surface area contributed by atoms with Gasteiger partial charge in [0.2, 0.25) is 11.8 Å². The van der Waals surface area contributed by atoms with Crippen LogP contribution in [0.1, 0.15) is 42.5 Å². The summed E-state index contributed by atoms with van der Waals surface area (Å²) in [7, 11) is 1.95. The number of amides is 2. The second kappa shape index (κ2) is 21.7. The van der Waals surface area contributed by atoms with E-state index in [9.17, 15) is 39.4 Å². The summed E-state index contributed by atoms with van der Waals surface area (Å²) in [5, 5.41) is 28.9. The van der Waals surface area contributed by atoms with Crippen molar-refractivity contribution in [1.82, 2.24) is 39.3 Å². The Morgan fingerprint density at radius 2 is 1.39 bits per heavy atom. The van der Waals surface area contributed by atoms with E-state index in [2.05, 4.69) is 20.9 Å². The van der Waals surface area contributed by atoms with E-state index in [1.807, 2.05) is 44.8 Å². The molecule has 1 aromatic heterocycles. The van der Waals surface area contributed by atoms with Crippen molar-refractivity contribution in [3.63, 3.8) is 0 Å². The first-order valence-electron chi connectivity index (χ1n) is 20.0. The van der Waals surface area contributed by atoms with Crippen molar-refractivity contribution in [1.29, 1.82) is 5.26 Å². The average Bonchev–Trinajstić information content (AvgIpc) is 3.68. The number of pyridine rings is 1. The molecule has 17 heteroatoms. The number of rotatable bonds is 15. The van der Waals surface area contributed by atoms with Crippen LogP contribution < -0.4 is 4.74 Å². The van der Waals surface area contributed by atoms with E-state index in [0.717, 1.165) is 32.5 Å². The van der Waals surface area contributed by atoms with Gasteiger partial charge >= 0.3 is 11.9 Å². The summed E-state index contributed by atoms with van der Waals surface area (Å²) >= 11 is 0. The van der Waals surface area contributed by atoms with Crippen LogP contribution in [0.2, 0.25) is 0 Å². The highest BCUT2D eigenvalue weighted by Gasteiger charge is 2.29. The first-order chi connectivity index (χ1) is 27.5. The van der Waals surface area contributed by atoms with E-state index in [1.165, 1.54) is 0 Å². The smallest absolute Gasteiger partial charge is 0.317 e. The van der Waals surface area contributed by atoms with Gasteiger partial charge in [-0.2, -0.15) is 5.26 Å². The molecule has 0 bridgehead atoms. The molecule has 5 rings (SSSR count). The Labute approximate surface area is 334 Å². The van der Waals surface area contributed by atoms with E-state index < -0.39 is 18.0 Å². The van der Waals surface area contributed by atoms with Crippen molar-refractivity contribution in [2.75, 3.05) is 125 Å². The van der Waals surface area contributed by atoms with Crippen LogP contribution in [0.4, 0.5) is 0 Å². The molecule has 4 heterocycles. The molecule has 0 spiro atoms. The molecular formula is C40H57N9O8. The Morgan fingerprint density at radius 3 is 2.02 bits per heavy atom. The highest BCUT2D eigenvalue weighted by molar-refractivity contribution is 6.08. The molecule has 2 aromatic rings. The van der Waals surface area contributed by atoms with Crippen LogP contribution in [0.3, 0.4) is 0 Å². The monoisotopic (exact) mass is 791 g/mol. The second-order valence-electron chi connectivity index (χ2n) is 15.2. The molecule has 0 aliphatic carbocycles. The molecule has 1 aromatic carbocycles. The van der Waals surface area contributed by atoms with Crippen molar-refractivity contribution in [3.05, 3.63) is 36.0 Å². The molecule has 3 saturated heterocycles. The largest absolute Gasteiger partial charge is 0.494 e. The minimum Gasteiger partial charge on any atom is -0.494 e. The summed E-state index contributed by atoms with van der Waals surface area (Å²) in [4.78, 5) is 80.5. The number of aromatic nitrogens is 1. The van der Waals surface area contributed by atoms with Crippen LogP contribution >= 0.6 is 0 Å². The third-order valence-corrected chi connectivity index (χ3v) is 11.1. The van der Waals surface area contributed by atoms with E-state index in [-0.39, 0.29) is 50.1 Å². The molecule has 310 valence electrons. The minimum absolute atomic E-state index is 0.00820. The first-order valence-corrected chi connectivity index (χ1v) is 20.0. The van der Waals surface area contributed by atoms with Crippen LogP contribution in [0, 0.1) is 11.3 Å². The molecule has 17 nitrogen and oxygen atoms in total. The topological polar surface area (TPSA) is 194 Å². The summed E-state index contributed by atoms with van der Waals surface area (Å²) in [5.74, 6) is -1.49. The number of carbonyl (C=O) groups excluding carboxylic acids is 3. The number of nitriles is 1. The molecule has 0 radical (unpaired) electrons. The number of benzene rings is 1. The van der Waals surface area contributed by atoms with Crippen molar-refractivity contribution in [2.45, 2.75) is 38.1 Å². The summed E-state index contributed by atoms with van der Waals surface area (Å²) in [6.07, 6.45) is 3.92. The van der Waals surface area contributed by atoms with Crippen LogP contribution in [0.5, 0.6) is 5.75 Å². The third kappa shape index (κ3) is 13.4.